The minimum absolute atomic E-state index is 0.0285. The second-order valence-corrected chi connectivity index (χ2v) is 6.52. The van der Waals surface area contributed by atoms with Crippen molar-refractivity contribution in [2.45, 2.75) is 32.3 Å². The van der Waals surface area contributed by atoms with Gasteiger partial charge < -0.3 is 14.7 Å². The Morgan fingerprint density at radius 1 is 1.33 bits per heavy atom. The third-order valence-corrected chi connectivity index (χ3v) is 5.15. The van der Waals surface area contributed by atoms with E-state index < -0.39 is 18.0 Å². The minimum Gasteiger partial charge on any atom is -0.481 e. The topological polar surface area (TPSA) is 66.8 Å². The van der Waals surface area contributed by atoms with Gasteiger partial charge in [-0.15, -0.1) is 0 Å². The van der Waals surface area contributed by atoms with Crippen LogP contribution in [0.15, 0.2) is 24.3 Å². The van der Waals surface area contributed by atoms with Crippen molar-refractivity contribution in [2.24, 2.45) is 11.3 Å². The van der Waals surface area contributed by atoms with E-state index in [1.807, 2.05) is 0 Å². The number of alkyl halides is 2. The number of rotatable bonds is 5. The molecule has 2 atom stereocenters. The van der Waals surface area contributed by atoms with Gasteiger partial charge in [0.25, 0.3) is 0 Å². The maximum Gasteiger partial charge on any atom is 0.387 e. The summed E-state index contributed by atoms with van der Waals surface area (Å²) in [6, 6.07) is 5.93. The predicted octanol–water partition coefficient (Wildman–Crippen LogP) is 2.54. The fraction of sp³-hybridized carbons (Fsp3) is 0.529. The number of ether oxygens (including phenoxy) is 1. The Kier molecular flexibility index (Phi) is 4.43. The molecule has 0 unspecified atom stereocenters. The van der Waals surface area contributed by atoms with Gasteiger partial charge in [0.1, 0.15) is 5.75 Å². The van der Waals surface area contributed by atoms with Crippen molar-refractivity contribution in [3.8, 4) is 5.75 Å². The number of amides is 1. The Balaban J connectivity index is 1.63. The Hall–Kier alpha value is -2.18. The van der Waals surface area contributed by atoms with Gasteiger partial charge in [-0.3, -0.25) is 9.59 Å². The van der Waals surface area contributed by atoms with Crippen molar-refractivity contribution in [3.05, 3.63) is 29.8 Å². The third-order valence-electron chi connectivity index (χ3n) is 5.15. The van der Waals surface area contributed by atoms with Gasteiger partial charge in [-0.05, 0) is 36.5 Å². The molecule has 0 radical (unpaired) electrons. The lowest BCUT2D eigenvalue weighted by Crippen LogP contribution is -2.37. The number of hydrogen-bond acceptors (Lipinski definition) is 3. The van der Waals surface area contributed by atoms with Gasteiger partial charge in [0.15, 0.2) is 0 Å². The van der Waals surface area contributed by atoms with Gasteiger partial charge in [-0.25, -0.2) is 0 Å². The molecule has 7 heteroatoms. The molecule has 3 rings (SSSR count). The van der Waals surface area contributed by atoms with E-state index in [9.17, 15) is 23.5 Å². The number of carboxylic acid groups (broad SMARTS) is 1. The first-order valence-electron chi connectivity index (χ1n) is 7.95. The van der Waals surface area contributed by atoms with Crippen LogP contribution >= 0.6 is 0 Å². The van der Waals surface area contributed by atoms with Gasteiger partial charge in [-0.2, -0.15) is 8.78 Å². The zero-order valence-electron chi connectivity index (χ0n) is 13.1. The summed E-state index contributed by atoms with van der Waals surface area (Å²) in [7, 11) is 0. The number of carboxylic acids is 1. The second-order valence-electron chi connectivity index (χ2n) is 6.52. The van der Waals surface area contributed by atoms with Gasteiger partial charge in [0.05, 0.1) is 11.8 Å². The Morgan fingerprint density at radius 3 is 2.62 bits per heavy atom. The van der Waals surface area contributed by atoms with Crippen molar-refractivity contribution in [1.82, 2.24) is 4.90 Å². The molecule has 1 saturated heterocycles. The lowest BCUT2D eigenvalue weighted by atomic mass is 9.81. The number of carbonyl (C=O) groups is 2. The fourth-order valence-corrected chi connectivity index (χ4v) is 3.90. The molecular weight excluding hydrogens is 320 g/mol. The van der Waals surface area contributed by atoms with Crippen molar-refractivity contribution >= 4 is 11.9 Å². The highest BCUT2D eigenvalue weighted by atomic mass is 19.3. The van der Waals surface area contributed by atoms with Crippen LogP contribution in [-0.4, -0.2) is 41.6 Å². The molecule has 1 aromatic carbocycles. The number of likely N-dealkylation sites (tertiary alicyclic amines) is 1. The Labute approximate surface area is 138 Å². The summed E-state index contributed by atoms with van der Waals surface area (Å²) in [6.45, 7) is -2.13. The monoisotopic (exact) mass is 339 g/mol. The predicted molar refractivity (Wildman–Crippen MR) is 80.8 cm³/mol. The summed E-state index contributed by atoms with van der Waals surface area (Å²) in [5, 5.41) is 9.55. The van der Waals surface area contributed by atoms with Crippen LogP contribution in [0.3, 0.4) is 0 Å². The first kappa shape index (κ1) is 16.7. The molecule has 1 aromatic rings. The molecule has 0 aromatic heterocycles. The summed E-state index contributed by atoms with van der Waals surface area (Å²) < 4.78 is 28.5. The first-order chi connectivity index (χ1) is 11.4. The number of fused-ring (bicyclic) bond motifs is 1. The summed E-state index contributed by atoms with van der Waals surface area (Å²) in [5.41, 5.74) is -0.104. The molecule has 2 fully saturated rings. The van der Waals surface area contributed by atoms with Gasteiger partial charge in [0, 0.05) is 13.1 Å². The van der Waals surface area contributed by atoms with Crippen LogP contribution in [0, 0.1) is 11.3 Å². The van der Waals surface area contributed by atoms with Gasteiger partial charge >= 0.3 is 12.6 Å². The van der Waals surface area contributed by atoms with Crippen LogP contribution in [0.25, 0.3) is 0 Å². The highest BCUT2D eigenvalue weighted by molar-refractivity contribution is 5.82. The number of benzene rings is 1. The molecule has 1 aliphatic heterocycles. The lowest BCUT2D eigenvalue weighted by molar-refractivity contribution is -0.149. The summed E-state index contributed by atoms with van der Waals surface area (Å²) in [5.74, 6) is -0.871. The van der Waals surface area contributed by atoms with E-state index in [-0.39, 0.29) is 30.5 Å². The zero-order chi connectivity index (χ0) is 17.3. The third kappa shape index (κ3) is 3.07. The summed E-state index contributed by atoms with van der Waals surface area (Å²) in [4.78, 5) is 25.7. The van der Waals surface area contributed by atoms with E-state index in [0.717, 1.165) is 12.8 Å². The Morgan fingerprint density at radius 2 is 2.04 bits per heavy atom. The van der Waals surface area contributed by atoms with Crippen LogP contribution in [-0.2, 0) is 16.0 Å². The Bertz CT molecular complexity index is 634. The van der Waals surface area contributed by atoms with E-state index in [4.69, 9.17) is 0 Å². The molecule has 1 aliphatic carbocycles. The van der Waals surface area contributed by atoms with Crippen LogP contribution in [0.1, 0.15) is 24.8 Å². The van der Waals surface area contributed by atoms with E-state index in [1.54, 1.807) is 17.0 Å². The summed E-state index contributed by atoms with van der Waals surface area (Å²) >= 11 is 0. The van der Waals surface area contributed by atoms with Crippen molar-refractivity contribution in [2.75, 3.05) is 13.1 Å². The molecule has 1 heterocycles. The molecule has 1 amide bonds. The zero-order valence-corrected chi connectivity index (χ0v) is 13.1. The molecule has 5 nitrogen and oxygen atoms in total. The second kappa shape index (κ2) is 6.37. The standard InChI is InChI=1S/C17H19F2NO4/c18-16(19)24-13-5-3-11(4-6-13)8-14(21)20-9-12-2-1-7-17(12,10-20)15(22)23/h3-6,12,16H,1-2,7-10H2,(H,22,23)/t12-,17+/m0/s1. The van der Waals surface area contributed by atoms with Crippen LogP contribution in [0.2, 0.25) is 0 Å². The maximum absolute atomic E-state index is 12.5. The van der Waals surface area contributed by atoms with E-state index >= 15 is 0 Å². The van der Waals surface area contributed by atoms with Crippen LogP contribution in [0.5, 0.6) is 5.75 Å². The molecule has 1 N–H and O–H groups in total. The molecule has 24 heavy (non-hydrogen) atoms. The number of aliphatic carboxylic acids is 1. The SMILES string of the molecule is O=C(Cc1ccc(OC(F)F)cc1)N1C[C@@H]2CCC[C@@]2(C(=O)O)C1. The van der Waals surface area contributed by atoms with Crippen molar-refractivity contribution < 1.29 is 28.2 Å². The van der Waals surface area contributed by atoms with Gasteiger partial charge in [0.2, 0.25) is 5.91 Å². The normalized spacial score (nSPS) is 25.8. The fourth-order valence-electron chi connectivity index (χ4n) is 3.90. The molecule has 1 saturated carbocycles. The summed E-state index contributed by atoms with van der Waals surface area (Å²) in [6.07, 6.45) is 2.48. The van der Waals surface area contributed by atoms with Crippen LogP contribution < -0.4 is 4.74 Å². The number of hydrogen-bond donors (Lipinski definition) is 1. The van der Waals surface area contributed by atoms with Crippen molar-refractivity contribution in [3.63, 3.8) is 0 Å². The minimum atomic E-state index is -2.88. The smallest absolute Gasteiger partial charge is 0.387 e. The van der Waals surface area contributed by atoms with Gasteiger partial charge in [-0.1, -0.05) is 18.6 Å². The van der Waals surface area contributed by atoms with E-state index in [0.29, 0.717) is 18.5 Å². The molecule has 0 spiro atoms. The van der Waals surface area contributed by atoms with E-state index in [2.05, 4.69) is 4.74 Å². The molecule has 130 valence electrons. The molecule has 2 aliphatic rings. The average molecular weight is 339 g/mol. The number of nitrogens with zero attached hydrogens (tertiary/aromatic N) is 1. The highest BCUT2D eigenvalue weighted by Crippen LogP contribution is 2.48. The number of carbonyl (C=O) groups excluding carboxylic acids is 1. The quantitative estimate of drug-likeness (QED) is 0.895. The van der Waals surface area contributed by atoms with Crippen LogP contribution in [0.4, 0.5) is 8.78 Å². The van der Waals surface area contributed by atoms with E-state index in [1.165, 1.54) is 12.1 Å². The molecular formula is C17H19F2NO4. The maximum atomic E-state index is 12.5. The average Bonchev–Trinajstić information content (AvgIpc) is 3.06. The first-order valence-corrected chi connectivity index (χ1v) is 7.95. The highest BCUT2D eigenvalue weighted by Gasteiger charge is 2.55. The van der Waals surface area contributed by atoms with Crippen molar-refractivity contribution in [1.29, 1.82) is 0 Å². The molecule has 0 bridgehead atoms. The number of halogens is 2. The largest absolute Gasteiger partial charge is 0.481 e. The lowest BCUT2D eigenvalue weighted by Gasteiger charge is -2.23.